The van der Waals surface area contributed by atoms with E-state index in [2.05, 4.69) is 10.0 Å². The molecule has 0 bridgehead atoms. The average Bonchev–Trinajstić information content (AvgIpc) is 3.30. The molecule has 4 aromatic rings. The van der Waals surface area contributed by atoms with E-state index < -0.39 is 15.9 Å². The number of furan rings is 1. The van der Waals surface area contributed by atoms with Crippen molar-refractivity contribution in [3.63, 3.8) is 0 Å². The summed E-state index contributed by atoms with van der Waals surface area (Å²) in [6.07, 6.45) is 0. The van der Waals surface area contributed by atoms with Crippen molar-refractivity contribution in [2.45, 2.75) is 18.4 Å². The first-order valence-corrected chi connectivity index (χ1v) is 11.9. The maximum atomic E-state index is 12.3. The summed E-state index contributed by atoms with van der Waals surface area (Å²) in [5.74, 6) is 0.917. The van der Waals surface area contributed by atoms with Gasteiger partial charge in [0.15, 0.2) is 5.76 Å². The fourth-order valence-electron chi connectivity index (χ4n) is 3.24. The number of sulfonamides is 1. The lowest BCUT2D eigenvalue weighted by atomic mass is 10.1. The van der Waals surface area contributed by atoms with Gasteiger partial charge in [0.2, 0.25) is 10.0 Å². The highest BCUT2D eigenvalue weighted by atomic mass is 32.2. The Morgan fingerprint density at radius 1 is 0.909 bits per heavy atom. The smallest absolute Gasteiger partial charge is 0.287 e. The minimum absolute atomic E-state index is 0.0561. The summed E-state index contributed by atoms with van der Waals surface area (Å²) < 4.78 is 38.3. The number of hydrogen-bond acceptors (Lipinski definition) is 5. The Hall–Kier alpha value is -3.62. The summed E-state index contributed by atoms with van der Waals surface area (Å²) in [4.78, 5) is 12.5. The van der Waals surface area contributed by atoms with Crippen LogP contribution >= 0.6 is 0 Å². The Morgan fingerprint density at radius 3 is 2.45 bits per heavy atom. The summed E-state index contributed by atoms with van der Waals surface area (Å²) in [6.45, 7) is 2.24. The van der Waals surface area contributed by atoms with Gasteiger partial charge in [-0.05, 0) is 54.1 Å². The van der Waals surface area contributed by atoms with Crippen LogP contribution in [-0.4, -0.2) is 27.4 Å². The van der Waals surface area contributed by atoms with Crippen molar-refractivity contribution in [1.82, 2.24) is 10.0 Å². The first-order valence-electron chi connectivity index (χ1n) is 10.5. The van der Waals surface area contributed by atoms with Gasteiger partial charge in [-0.3, -0.25) is 4.79 Å². The Balaban J connectivity index is 1.25. The molecule has 0 saturated carbocycles. The van der Waals surface area contributed by atoms with E-state index in [1.165, 1.54) is 0 Å². The van der Waals surface area contributed by atoms with Gasteiger partial charge in [0.25, 0.3) is 5.91 Å². The second kappa shape index (κ2) is 9.89. The van der Waals surface area contributed by atoms with Gasteiger partial charge in [-0.15, -0.1) is 0 Å². The molecule has 4 rings (SSSR count). The number of carbonyl (C=O) groups is 1. The summed E-state index contributed by atoms with van der Waals surface area (Å²) in [5.41, 5.74) is 0.974. The SMILES string of the molecule is Cc1ccc(S(=O)(=O)NCCNC(=O)c2ccc(COc3ccc4ccccc4c3)o2)cc1. The van der Waals surface area contributed by atoms with E-state index in [1.807, 2.05) is 49.4 Å². The summed E-state index contributed by atoms with van der Waals surface area (Å²) in [7, 11) is -3.62. The second-order valence-electron chi connectivity index (χ2n) is 7.53. The highest BCUT2D eigenvalue weighted by molar-refractivity contribution is 7.89. The topological polar surface area (TPSA) is 97.6 Å². The molecular weight excluding hydrogens is 440 g/mol. The predicted octanol–water partition coefficient (Wildman–Crippen LogP) is 4.03. The third-order valence-corrected chi connectivity index (χ3v) is 6.50. The quantitative estimate of drug-likeness (QED) is 0.365. The molecule has 8 heteroatoms. The summed E-state index contributed by atoms with van der Waals surface area (Å²) >= 11 is 0. The minimum atomic E-state index is -3.62. The molecule has 0 aliphatic carbocycles. The molecule has 0 atom stereocenters. The highest BCUT2D eigenvalue weighted by Gasteiger charge is 2.14. The zero-order valence-corrected chi connectivity index (χ0v) is 18.9. The highest BCUT2D eigenvalue weighted by Crippen LogP contribution is 2.21. The van der Waals surface area contributed by atoms with E-state index in [1.54, 1.807) is 36.4 Å². The maximum Gasteiger partial charge on any atom is 0.287 e. The van der Waals surface area contributed by atoms with Gasteiger partial charge >= 0.3 is 0 Å². The third kappa shape index (κ3) is 5.79. The van der Waals surface area contributed by atoms with Crippen molar-refractivity contribution in [2.75, 3.05) is 13.1 Å². The average molecular weight is 465 g/mol. The van der Waals surface area contributed by atoms with E-state index in [-0.39, 0.29) is 30.4 Å². The largest absolute Gasteiger partial charge is 0.486 e. The zero-order chi connectivity index (χ0) is 23.3. The van der Waals surface area contributed by atoms with Crippen LogP contribution in [0, 0.1) is 6.92 Å². The van der Waals surface area contributed by atoms with E-state index in [0.29, 0.717) is 11.5 Å². The van der Waals surface area contributed by atoms with Crippen molar-refractivity contribution >= 4 is 26.7 Å². The zero-order valence-electron chi connectivity index (χ0n) is 18.1. The molecule has 0 unspecified atom stereocenters. The van der Waals surface area contributed by atoms with E-state index in [0.717, 1.165) is 16.3 Å². The van der Waals surface area contributed by atoms with Crippen molar-refractivity contribution < 1.29 is 22.4 Å². The normalized spacial score (nSPS) is 11.4. The Bertz CT molecular complexity index is 1360. The Morgan fingerprint density at radius 2 is 1.67 bits per heavy atom. The number of nitrogens with one attached hydrogen (secondary N) is 2. The lowest BCUT2D eigenvalue weighted by Crippen LogP contribution is -2.34. The van der Waals surface area contributed by atoms with Crippen molar-refractivity contribution in [1.29, 1.82) is 0 Å². The molecular formula is C25H24N2O5S. The molecule has 0 aliphatic heterocycles. The van der Waals surface area contributed by atoms with Gasteiger partial charge in [0, 0.05) is 13.1 Å². The first-order chi connectivity index (χ1) is 15.9. The number of fused-ring (bicyclic) bond motifs is 1. The van der Waals surface area contributed by atoms with Crippen LogP contribution in [0.15, 0.2) is 88.2 Å². The van der Waals surface area contributed by atoms with Crippen molar-refractivity contribution in [2.24, 2.45) is 0 Å². The van der Waals surface area contributed by atoms with Crippen LogP contribution in [0.2, 0.25) is 0 Å². The van der Waals surface area contributed by atoms with Crippen LogP contribution in [0.4, 0.5) is 0 Å². The molecule has 1 amide bonds. The predicted molar refractivity (Wildman–Crippen MR) is 126 cm³/mol. The molecule has 1 heterocycles. The molecule has 2 N–H and O–H groups in total. The monoisotopic (exact) mass is 464 g/mol. The van der Waals surface area contributed by atoms with E-state index in [4.69, 9.17) is 9.15 Å². The molecule has 0 saturated heterocycles. The number of benzene rings is 3. The standard InChI is InChI=1S/C25H24N2O5S/c1-18-6-11-23(12-7-18)33(29,30)27-15-14-26-25(28)24-13-10-22(32-24)17-31-21-9-8-19-4-2-3-5-20(19)16-21/h2-13,16,27H,14-15,17H2,1H3,(H,26,28). The Labute approximate surface area is 192 Å². The summed E-state index contributed by atoms with van der Waals surface area (Å²) in [5, 5.41) is 4.84. The number of rotatable bonds is 9. The van der Waals surface area contributed by atoms with Crippen LogP contribution in [0.3, 0.4) is 0 Å². The van der Waals surface area contributed by atoms with Crippen LogP contribution in [0.25, 0.3) is 10.8 Å². The number of carbonyl (C=O) groups excluding carboxylic acids is 1. The lowest BCUT2D eigenvalue weighted by Gasteiger charge is -2.08. The molecule has 33 heavy (non-hydrogen) atoms. The molecule has 3 aromatic carbocycles. The van der Waals surface area contributed by atoms with Crippen molar-refractivity contribution in [3.05, 3.63) is 95.9 Å². The van der Waals surface area contributed by atoms with Gasteiger partial charge in [0.05, 0.1) is 4.90 Å². The minimum Gasteiger partial charge on any atom is -0.486 e. The fourth-order valence-corrected chi connectivity index (χ4v) is 4.27. The fraction of sp³-hybridized carbons (Fsp3) is 0.160. The number of amides is 1. The van der Waals surface area contributed by atoms with Crippen LogP contribution in [0.1, 0.15) is 21.9 Å². The second-order valence-corrected chi connectivity index (χ2v) is 9.30. The molecule has 0 spiro atoms. The number of aryl methyl sites for hydroxylation is 1. The van der Waals surface area contributed by atoms with Gasteiger partial charge < -0.3 is 14.5 Å². The molecule has 170 valence electrons. The van der Waals surface area contributed by atoms with E-state index >= 15 is 0 Å². The first kappa shape index (κ1) is 22.6. The lowest BCUT2D eigenvalue weighted by molar-refractivity contribution is 0.0922. The molecule has 0 fully saturated rings. The van der Waals surface area contributed by atoms with Gasteiger partial charge in [0.1, 0.15) is 18.1 Å². The maximum absolute atomic E-state index is 12.3. The Kier molecular flexibility index (Phi) is 6.76. The van der Waals surface area contributed by atoms with Gasteiger partial charge in [-0.25, -0.2) is 13.1 Å². The molecule has 0 aliphatic rings. The molecule has 7 nitrogen and oxygen atoms in total. The van der Waals surface area contributed by atoms with Crippen LogP contribution < -0.4 is 14.8 Å². The van der Waals surface area contributed by atoms with E-state index in [9.17, 15) is 13.2 Å². The van der Waals surface area contributed by atoms with Crippen molar-refractivity contribution in [3.8, 4) is 5.75 Å². The van der Waals surface area contributed by atoms with Crippen LogP contribution in [-0.2, 0) is 16.6 Å². The summed E-state index contributed by atoms with van der Waals surface area (Å²) in [6, 6.07) is 23.6. The number of hydrogen-bond donors (Lipinski definition) is 2. The molecule has 0 radical (unpaired) electrons. The number of ether oxygens (including phenoxy) is 1. The van der Waals surface area contributed by atoms with Gasteiger partial charge in [-0.1, -0.05) is 48.0 Å². The molecule has 1 aromatic heterocycles. The van der Waals surface area contributed by atoms with Crippen LogP contribution in [0.5, 0.6) is 5.75 Å². The third-order valence-electron chi connectivity index (χ3n) is 5.02. The van der Waals surface area contributed by atoms with Gasteiger partial charge in [-0.2, -0.15) is 0 Å².